The van der Waals surface area contributed by atoms with Crippen LogP contribution in [0, 0.1) is 0 Å². The number of rotatable bonds is 4. The van der Waals surface area contributed by atoms with Gasteiger partial charge in [0, 0.05) is 29.6 Å². The van der Waals surface area contributed by atoms with Crippen molar-refractivity contribution >= 4 is 28.8 Å². The molecule has 0 saturated heterocycles. The van der Waals surface area contributed by atoms with E-state index in [9.17, 15) is 4.79 Å². The van der Waals surface area contributed by atoms with E-state index in [1.54, 1.807) is 11.3 Å². The van der Waals surface area contributed by atoms with Crippen LogP contribution in [0.1, 0.15) is 35.3 Å². The van der Waals surface area contributed by atoms with Gasteiger partial charge in [-0.25, -0.2) is 4.98 Å². The van der Waals surface area contributed by atoms with Gasteiger partial charge in [0.25, 0.3) is 5.91 Å². The van der Waals surface area contributed by atoms with Crippen LogP contribution in [-0.4, -0.2) is 28.9 Å². The van der Waals surface area contributed by atoms with Gasteiger partial charge in [0.05, 0.1) is 11.6 Å². The molecule has 1 fully saturated rings. The Bertz CT molecular complexity index is 651. The fourth-order valence-corrected chi connectivity index (χ4v) is 3.47. The second-order valence-electron chi connectivity index (χ2n) is 5.36. The molecule has 1 heterocycles. The molecule has 0 atom stereocenters. The SMILES string of the molecule is CN(C(=O)c1cccc(-c2nc(CCl)cs2)c1)C1CCC1. The molecular weight excluding hydrogens is 304 g/mol. The summed E-state index contributed by atoms with van der Waals surface area (Å²) in [7, 11) is 1.90. The fourth-order valence-electron chi connectivity index (χ4n) is 2.43. The molecule has 1 aromatic carbocycles. The molecule has 0 aliphatic heterocycles. The maximum absolute atomic E-state index is 12.5. The number of thiazole rings is 1. The number of hydrogen-bond donors (Lipinski definition) is 0. The molecule has 0 spiro atoms. The van der Waals surface area contributed by atoms with Crippen molar-refractivity contribution in [2.75, 3.05) is 7.05 Å². The lowest BCUT2D eigenvalue weighted by Crippen LogP contribution is -2.41. The predicted molar refractivity (Wildman–Crippen MR) is 86.8 cm³/mol. The molecule has 0 unspecified atom stereocenters. The second-order valence-corrected chi connectivity index (χ2v) is 6.48. The molecule has 1 saturated carbocycles. The quantitative estimate of drug-likeness (QED) is 0.792. The molecule has 110 valence electrons. The minimum absolute atomic E-state index is 0.0932. The topological polar surface area (TPSA) is 33.2 Å². The van der Waals surface area contributed by atoms with Gasteiger partial charge in [-0.2, -0.15) is 0 Å². The summed E-state index contributed by atoms with van der Waals surface area (Å²) in [6.45, 7) is 0. The maximum atomic E-state index is 12.5. The van der Waals surface area contributed by atoms with Gasteiger partial charge >= 0.3 is 0 Å². The summed E-state index contributed by atoms with van der Waals surface area (Å²) in [4.78, 5) is 18.8. The van der Waals surface area contributed by atoms with Crippen molar-refractivity contribution in [3.63, 3.8) is 0 Å². The highest BCUT2D eigenvalue weighted by Gasteiger charge is 2.26. The van der Waals surface area contributed by atoms with Crippen LogP contribution in [0.25, 0.3) is 10.6 Å². The van der Waals surface area contributed by atoms with Gasteiger partial charge in [-0.3, -0.25) is 4.79 Å². The van der Waals surface area contributed by atoms with Crippen molar-refractivity contribution in [2.24, 2.45) is 0 Å². The standard InChI is InChI=1S/C16H17ClN2OS/c1-19(14-6-3-7-14)16(20)12-5-2-4-11(8-12)15-18-13(9-17)10-21-15/h2,4-5,8,10,14H,3,6-7,9H2,1H3. The number of alkyl halides is 1. The lowest BCUT2D eigenvalue weighted by molar-refractivity contribution is 0.0652. The van der Waals surface area contributed by atoms with Crippen LogP contribution in [0.4, 0.5) is 0 Å². The number of carbonyl (C=O) groups is 1. The van der Waals surface area contributed by atoms with Gasteiger partial charge < -0.3 is 4.90 Å². The van der Waals surface area contributed by atoms with Gasteiger partial charge in [0.2, 0.25) is 0 Å². The Morgan fingerprint density at radius 2 is 2.29 bits per heavy atom. The Labute approximate surface area is 133 Å². The lowest BCUT2D eigenvalue weighted by atomic mass is 9.91. The molecular formula is C16H17ClN2OS. The molecule has 0 N–H and O–H groups in total. The summed E-state index contributed by atoms with van der Waals surface area (Å²) >= 11 is 7.35. The Balaban J connectivity index is 1.83. The van der Waals surface area contributed by atoms with E-state index in [1.807, 2.05) is 41.6 Å². The van der Waals surface area contributed by atoms with E-state index in [2.05, 4.69) is 4.98 Å². The van der Waals surface area contributed by atoms with Gasteiger partial charge in [-0.1, -0.05) is 12.1 Å². The Kier molecular flexibility index (Phi) is 4.27. The molecule has 3 nitrogen and oxygen atoms in total. The van der Waals surface area contributed by atoms with Crippen LogP contribution in [0.2, 0.25) is 0 Å². The van der Waals surface area contributed by atoms with Crippen LogP contribution >= 0.6 is 22.9 Å². The Hall–Kier alpha value is -1.39. The summed E-state index contributed by atoms with van der Waals surface area (Å²) in [5.74, 6) is 0.509. The van der Waals surface area contributed by atoms with E-state index in [1.165, 1.54) is 6.42 Å². The fraction of sp³-hybridized carbons (Fsp3) is 0.375. The van der Waals surface area contributed by atoms with Crippen LogP contribution < -0.4 is 0 Å². The summed E-state index contributed by atoms with van der Waals surface area (Å²) in [6, 6.07) is 8.10. The molecule has 1 amide bonds. The molecule has 0 radical (unpaired) electrons. The highest BCUT2D eigenvalue weighted by molar-refractivity contribution is 7.13. The lowest BCUT2D eigenvalue weighted by Gasteiger charge is -2.34. The largest absolute Gasteiger partial charge is 0.339 e. The Morgan fingerprint density at radius 3 is 2.90 bits per heavy atom. The van der Waals surface area contributed by atoms with Crippen molar-refractivity contribution in [2.45, 2.75) is 31.2 Å². The molecule has 5 heteroatoms. The van der Waals surface area contributed by atoms with Gasteiger partial charge in [0.15, 0.2) is 0 Å². The zero-order valence-corrected chi connectivity index (χ0v) is 13.5. The Morgan fingerprint density at radius 1 is 1.48 bits per heavy atom. The van der Waals surface area contributed by atoms with Crippen LogP contribution in [-0.2, 0) is 5.88 Å². The summed E-state index contributed by atoms with van der Waals surface area (Å²) in [6.07, 6.45) is 3.46. The molecule has 3 rings (SSSR count). The first-order chi connectivity index (χ1) is 10.2. The molecule has 1 aliphatic carbocycles. The maximum Gasteiger partial charge on any atom is 0.253 e. The summed E-state index contributed by atoms with van der Waals surface area (Å²) in [5.41, 5.74) is 2.58. The predicted octanol–water partition coefficient (Wildman–Crippen LogP) is 4.17. The number of aromatic nitrogens is 1. The molecule has 0 bridgehead atoms. The number of amides is 1. The first-order valence-corrected chi connectivity index (χ1v) is 8.48. The summed E-state index contributed by atoms with van der Waals surface area (Å²) in [5, 5.41) is 2.86. The molecule has 21 heavy (non-hydrogen) atoms. The molecule has 1 aliphatic rings. The third-order valence-electron chi connectivity index (χ3n) is 3.99. The molecule has 2 aromatic rings. The second kappa shape index (κ2) is 6.16. The first-order valence-electron chi connectivity index (χ1n) is 7.07. The van der Waals surface area contributed by atoms with Crippen LogP contribution in [0.5, 0.6) is 0 Å². The molecule has 1 aromatic heterocycles. The zero-order chi connectivity index (χ0) is 14.8. The summed E-state index contributed by atoms with van der Waals surface area (Å²) < 4.78 is 0. The number of hydrogen-bond acceptors (Lipinski definition) is 3. The van der Waals surface area contributed by atoms with Gasteiger partial charge in [-0.05, 0) is 31.4 Å². The van der Waals surface area contributed by atoms with Crippen molar-refractivity contribution in [1.82, 2.24) is 9.88 Å². The third kappa shape index (κ3) is 2.97. The van der Waals surface area contributed by atoms with Crippen LogP contribution in [0.3, 0.4) is 0 Å². The normalized spacial score (nSPS) is 14.8. The average Bonchev–Trinajstić information content (AvgIpc) is 2.93. The minimum atomic E-state index is 0.0932. The number of carbonyl (C=O) groups excluding carboxylic acids is 1. The highest BCUT2D eigenvalue weighted by Crippen LogP contribution is 2.27. The first kappa shape index (κ1) is 14.5. The van der Waals surface area contributed by atoms with Crippen molar-refractivity contribution < 1.29 is 4.79 Å². The van der Waals surface area contributed by atoms with Crippen molar-refractivity contribution in [3.05, 3.63) is 40.9 Å². The average molecular weight is 321 g/mol. The zero-order valence-electron chi connectivity index (χ0n) is 11.9. The number of halogens is 1. The van der Waals surface area contributed by atoms with Crippen molar-refractivity contribution in [3.8, 4) is 10.6 Å². The third-order valence-corrected chi connectivity index (χ3v) is 5.20. The monoisotopic (exact) mass is 320 g/mol. The van der Waals surface area contributed by atoms with E-state index in [0.29, 0.717) is 11.9 Å². The number of nitrogens with zero attached hydrogens (tertiary/aromatic N) is 2. The van der Waals surface area contributed by atoms with E-state index in [4.69, 9.17) is 11.6 Å². The van der Waals surface area contributed by atoms with Gasteiger partial charge in [-0.15, -0.1) is 22.9 Å². The van der Waals surface area contributed by atoms with Crippen molar-refractivity contribution in [1.29, 1.82) is 0 Å². The number of benzene rings is 1. The van der Waals surface area contributed by atoms with E-state index in [0.717, 1.165) is 34.7 Å². The minimum Gasteiger partial charge on any atom is -0.339 e. The van der Waals surface area contributed by atoms with E-state index in [-0.39, 0.29) is 5.91 Å². The highest BCUT2D eigenvalue weighted by atomic mass is 35.5. The van der Waals surface area contributed by atoms with E-state index >= 15 is 0 Å². The smallest absolute Gasteiger partial charge is 0.253 e. The van der Waals surface area contributed by atoms with E-state index < -0.39 is 0 Å². The van der Waals surface area contributed by atoms with Crippen LogP contribution in [0.15, 0.2) is 29.6 Å². The van der Waals surface area contributed by atoms with Gasteiger partial charge in [0.1, 0.15) is 5.01 Å².